The molecule has 2 N–H and O–H groups in total. The molecule has 1 rings (SSSR count). The molecule has 0 aliphatic carbocycles. The first-order valence-electron chi connectivity index (χ1n) is 8.46. The zero-order valence-electron chi connectivity index (χ0n) is 16.2. The highest BCUT2D eigenvalue weighted by atomic mass is 16.6. The first-order chi connectivity index (χ1) is 11.0. The second-order valence-corrected chi connectivity index (χ2v) is 8.12. The minimum atomic E-state index is -0.479. The summed E-state index contributed by atoms with van der Waals surface area (Å²) < 4.78 is 5.31. The van der Waals surface area contributed by atoms with Crippen molar-refractivity contribution < 1.29 is 9.53 Å². The molecule has 5 heteroatoms. The lowest BCUT2D eigenvalue weighted by atomic mass is 10.0. The van der Waals surface area contributed by atoms with Crippen LogP contribution in [0.5, 0.6) is 0 Å². The Morgan fingerprint density at radius 2 is 1.67 bits per heavy atom. The van der Waals surface area contributed by atoms with Crippen molar-refractivity contribution in [1.82, 2.24) is 10.2 Å². The van der Waals surface area contributed by atoms with Crippen LogP contribution < -0.4 is 10.6 Å². The van der Waals surface area contributed by atoms with Gasteiger partial charge < -0.3 is 20.3 Å². The van der Waals surface area contributed by atoms with E-state index in [1.165, 1.54) is 5.56 Å². The number of carbonyl (C=O) groups excluding carboxylic acids is 1. The summed E-state index contributed by atoms with van der Waals surface area (Å²) in [4.78, 5) is 14.0. The summed E-state index contributed by atoms with van der Waals surface area (Å²) in [6, 6.07) is 8.44. The van der Waals surface area contributed by atoms with Crippen LogP contribution in [0, 0.1) is 0 Å². The van der Waals surface area contributed by atoms with Crippen LogP contribution in [0.3, 0.4) is 0 Å². The number of nitrogens with one attached hydrogen (secondary N) is 2. The van der Waals surface area contributed by atoms with Crippen molar-refractivity contribution in [2.45, 2.75) is 58.7 Å². The summed E-state index contributed by atoms with van der Waals surface area (Å²) >= 11 is 0. The molecule has 0 radical (unpaired) electrons. The molecule has 0 spiro atoms. The fourth-order valence-electron chi connectivity index (χ4n) is 2.25. The first-order valence-corrected chi connectivity index (χ1v) is 8.46. The van der Waals surface area contributed by atoms with Gasteiger partial charge in [0.1, 0.15) is 5.60 Å². The number of hydrogen-bond donors (Lipinski definition) is 2. The molecule has 0 bridgehead atoms. The smallest absolute Gasteiger partial charge is 0.408 e. The molecule has 0 aromatic heterocycles. The normalized spacial score (nSPS) is 12.2. The second kappa shape index (κ2) is 8.38. The van der Waals surface area contributed by atoms with Gasteiger partial charge in [-0.1, -0.05) is 12.1 Å². The van der Waals surface area contributed by atoms with Crippen LogP contribution in [0.15, 0.2) is 24.3 Å². The number of hydrogen-bond acceptors (Lipinski definition) is 4. The van der Waals surface area contributed by atoms with Gasteiger partial charge in [-0.3, -0.25) is 0 Å². The zero-order chi connectivity index (χ0) is 18.4. The van der Waals surface area contributed by atoms with Gasteiger partial charge in [-0.2, -0.15) is 0 Å². The lowest BCUT2D eigenvalue weighted by Gasteiger charge is -2.28. The van der Waals surface area contributed by atoms with Gasteiger partial charge in [0.05, 0.1) is 0 Å². The number of amides is 1. The maximum atomic E-state index is 11.9. The molecular weight excluding hydrogens is 302 g/mol. The molecule has 1 aromatic rings. The Morgan fingerprint density at radius 3 is 2.17 bits per heavy atom. The molecule has 1 amide bonds. The fourth-order valence-corrected chi connectivity index (χ4v) is 2.25. The van der Waals surface area contributed by atoms with E-state index >= 15 is 0 Å². The van der Waals surface area contributed by atoms with E-state index in [4.69, 9.17) is 4.74 Å². The minimum Gasteiger partial charge on any atom is -0.444 e. The molecule has 24 heavy (non-hydrogen) atoms. The standard InChI is InChI=1S/C19H33N3O2/c1-18(2,3)24-17(23)21-19(4,5)12-13-20-16-10-8-15(9-11-16)14-22(6)7/h8-11,20H,12-14H2,1-7H3,(H,21,23). The van der Waals surface area contributed by atoms with E-state index in [0.717, 1.165) is 25.2 Å². The lowest BCUT2D eigenvalue weighted by Crippen LogP contribution is -2.46. The quantitative estimate of drug-likeness (QED) is 0.794. The van der Waals surface area contributed by atoms with Gasteiger partial charge in [-0.05, 0) is 72.8 Å². The average Bonchev–Trinajstić information content (AvgIpc) is 2.36. The SMILES string of the molecule is CN(C)Cc1ccc(NCCC(C)(C)NC(=O)OC(C)(C)C)cc1. The Hall–Kier alpha value is -1.75. The van der Waals surface area contributed by atoms with Crippen LogP contribution in [0.2, 0.25) is 0 Å². The second-order valence-electron chi connectivity index (χ2n) is 8.12. The van der Waals surface area contributed by atoms with E-state index in [0.29, 0.717) is 0 Å². The van der Waals surface area contributed by atoms with Crippen molar-refractivity contribution in [2.24, 2.45) is 0 Å². The van der Waals surface area contributed by atoms with Crippen LogP contribution >= 0.6 is 0 Å². The van der Waals surface area contributed by atoms with E-state index in [1.807, 2.05) is 34.6 Å². The Kier molecular flexibility index (Phi) is 7.08. The third-order valence-corrected chi connectivity index (χ3v) is 3.37. The molecule has 0 aliphatic rings. The van der Waals surface area contributed by atoms with Gasteiger partial charge in [0, 0.05) is 24.3 Å². The fraction of sp³-hybridized carbons (Fsp3) is 0.632. The van der Waals surface area contributed by atoms with Crippen molar-refractivity contribution in [3.63, 3.8) is 0 Å². The molecular formula is C19H33N3O2. The molecule has 5 nitrogen and oxygen atoms in total. The van der Waals surface area contributed by atoms with E-state index in [2.05, 4.69) is 53.9 Å². The number of ether oxygens (including phenoxy) is 1. The summed E-state index contributed by atoms with van der Waals surface area (Å²) in [7, 11) is 4.12. The number of nitrogens with zero attached hydrogens (tertiary/aromatic N) is 1. The van der Waals surface area contributed by atoms with Crippen LogP contribution in [0.4, 0.5) is 10.5 Å². The maximum absolute atomic E-state index is 11.9. The van der Waals surface area contributed by atoms with Crippen LogP contribution in [-0.4, -0.2) is 42.8 Å². The van der Waals surface area contributed by atoms with Crippen molar-refractivity contribution in [3.05, 3.63) is 29.8 Å². The van der Waals surface area contributed by atoms with Gasteiger partial charge in [-0.15, -0.1) is 0 Å². The average molecular weight is 335 g/mol. The summed E-state index contributed by atoms with van der Waals surface area (Å²) in [5.41, 5.74) is 1.57. The number of alkyl carbamates (subject to hydrolysis) is 1. The monoisotopic (exact) mass is 335 g/mol. The first kappa shape index (κ1) is 20.3. The minimum absolute atomic E-state index is 0.333. The highest BCUT2D eigenvalue weighted by Gasteiger charge is 2.24. The van der Waals surface area contributed by atoms with E-state index in [9.17, 15) is 4.79 Å². The summed E-state index contributed by atoms with van der Waals surface area (Å²) in [6.07, 6.45) is 0.423. The van der Waals surface area contributed by atoms with E-state index < -0.39 is 5.60 Å². The van der Waals surface area contributed by atoms with E-state index in [-0.39, 0.29) is 11.6 Å². The van der Waals surface area contributed by atoms with Gasteiger partial charge in [0.15, 0.2) is 0 Å². The number of anilines is 1. The van der Waals surface area contributed by atoms with Crippen LogP contribution in [-0.2, 0) is 11.3 Å². The van der Waals surface area contributed by atoms with Gasteiger partial charge >= 0.3 is 6.09 Å². The van der Waals surface area contributed by atoms with Crippen LogP contribution in [0.25, 0.3) is 0 Å². The number of rotatable bonds is 7. The summed E-state index contributed by atoms with van der Waals surface area (Å²) in [5.74, 6) is 0. The van der Waals surface area contributed by atoms with Crippen molar-refractivity contribution in [3.8, 4) is 0 Å². The van der Waals surface area contributed by atoms with Gasteiger partial charge in [-0.25, -0.2) is 4.79 Å². The molecule has 1 aromatic carbocycles. The molecule has 0 saturated heterocycles. The van der Waals surface area contributed by atoms with Crippen molar-refractivity contribution in [1.29, 1.82) is 0 Å². The summed E-state index contributed by atoms with van der Waals surface area (Å²) in [6.45, 7) is 11.3. The number of benzene rings is 1. The maximum Gasteiger partial charge on any atom is 0.408 e. The van der Waals surface area contributed by atoms with Crippen molar-refractivity contribution >= 4 is 11.8 Å². The van der Waals surface area contributed by atoms with E-state index in [1.54, 1.807) is 0 Å². The molecule has 136 valence electrons. The largest absolute Gasteiger partial charge is 0.444 e. The highest BCUT2D eigenvalue weighted by molar-refractivity contribution is 5.68. The van der Waals surface area contributed by atoms with Gasteiger partial charge in [0.25, 0.3) is 0 Å². The number of carbonyl (C=O) groups is 1. The zero-order valence-corrected chi connectivity index (χ0v) is 16.2. The molecule has 0 saturated carbocycles. The predicted molar refractivity (Wildman–Crippen MR) is 100 cm³/mol. The Bertz CT molecular complexity index is 516. The van der Waals surface area contributed by atoms with Gasteiger partial charge in [0.2, 0.25) is 0 Å². The lowest BCUT2D eigenvalue weighted by molar-refractivity contribution is 0.0470. The topological polar surface area (TPSA) is 53.6 Å². The third-order valence-electron chi connectivity index (χ3n) is 3.37. The molecule has 0 unspecified atom stereocenters. The molecule has 0 heterocycles. The summed E-state index contributed by atoms with van der Waals surface area (Å²) in [5, 5.41) is 6.32. The predicted octanol–water partition coefficient (Wildman–Crippen LogP) is 3.85. The molecule has 0 fully saturated rings. The van der Waals surface area contributed by atoms with Crippen molar-refractivity contribution in [2.75, 3.05) is 26.0 Å². The molecule has 0 aliphatic heterocycles. The molecule has 0 atom stereocenters. The highest BCUT2D eigenvalue weighted by Crippen LogP contribution is 2.14. The Morgan fingerprint density at radius 1 is 1.08 bits per heavy atom. The third kappa shape index (κ3) is 8.77. The van der Waals surface area contributed by atoms with Crippen LogP contribution in [0.1, 0.15) is 46.6 Å². The Labute approximate surface area is 146 Å². The Balaban J connectivity index is 2.41.